The van der Waals surface area contributed by atoms with E-state index in [0.29, 0.717) is 19.4 Å². The Morgan fingerprint density at radius 1 is 0.829 bits per heavy atom. The van der Waals surface area contributed by atoms with Crippen LogP contribution in [0.25, 0.3) is 10.9 Å². The summed E-state index contributed by atoms with van der Waals surface area (Å²) in [6.07, 6.45) is 1.79. The van der Waals surface area contributed by atoms with E-state index in [-0.39, 0.29) is 25.7 Å². The van der Waals surface area contributed by atoms with Gasteiger partial charge in [-0.25, -0.2) is 4.79 Å². The lowest BCUT2D eigenvalue weighted by Crippen LogP contribution is -2.57. The van der Waals surface area contributed by atoms with Crippen LogP contribution >= 0.6 is 0 Å². The van der Waals surface area contributed by atoms with Gasteiger partial charge in [0.25, 0.3) is 0 Å². The fourth-order valence-electron chi connectivity index (χ4n) is 4.17. The molecule has 4 unspecified atom stereocenters. The molecule has 0 radical (unpaired) electrons. The van der Waals surface area contributed by atoms with Crippen LogP contribution in [0.15, 0.2) is 30.5 Å². The van der Waals surface area contributed by atoms with Crippen molar-refractivity contribution in [1.82, 2.24) is 20.9 Å². The maximum Gasteiger partial charge on any atom is 0.326 e. The Labute approximate surface area is 236 Å². The number of carboxylic acid groups (broad SMARTS) is 1. The van der Waals surface area contributed by atoms with E-state index in [2.05, 4.69) is 20.9 Å². The first-order valence-electron chi connectivity index (χ1n) is 13.1. The van der Waals surface area contributed by atoms with E-state index in [1.54, 1.807) is 6.20 Å². The number of nitrogens with one attached hydrogen (secondary N) is 4. The number of carbonyl (C=O) groups is 6. The van der Waals surface area contributed by atoms with Crippen molar-refractivity contribution in [1.29, 1.82) is 0 Å². The quantitative estimate of drug-likeness (QED) is 0.0876. The smallest absolute Gasteiger partial charge is 0.326 e. The van der Waals surface area contributed by atoms with Crippen LogP contribution in [0.2, 0.25) is 0 Å². The predicted molar refractivity (Wildman–Crippen MR) is 149 cm³/mol. The summed E-state index contributed by atoms with van der Waals surface area (Å²) in [7, 11) is 0. The van der Waals surface area contributed by atoms with Gasteiger partial charge in [0.15, 0.2) is 0 Å². The molecule has 0 aliphatic heterocycles. The third-order valence-corrected chi connectivity index (χ3v) is 6.36. The number of aromatic amines is 1. The molecule has 0 saturated carbocycles. The van der Waals surface area contributed by atoms with Crippen molar-refractivity contribution in [3.63, 3.8) is 0 Å². The lowest BCUT2D eigenvalue weighted by atomic mass is 10.0. The molecule has 15 nitrogen and oxygen atoms in total. The highest BCUT2D eigenvalue weighted by Crippen LogP contribution is 2.19. The van der Waals surface area contributed by atoms with Gasteiger partial charge in [0.2, 0.25) is 29.5 Å². The average molecular weight is 575 g/mol. The summed E-state index contributed by atoms with van der Waals surface area (Å²) >= 11 is 0. The van der Waals surface area contributed by atoms with Crippen molar-refractivity contribution in [3.8, 4) is 0 Å². The van der Waals surface area contributed by atoms with Crippen molar-refractivity contribution in [3.05, 3.63) is 36.0 Å². The van der Waals surface area contributed by atoms with E-state index in [4.69, 9.17) is 22.9 Å². The number of amides is 5. The number of nitrogens with two attached hydrogens (primary N) is 4. The number of rotatable bonds is 18. The van der Waals surface area contributed by atoms with Crippen LogP contribution in [0.4, 0.5) is 0 Å². The minimum absolute atomic E-state index is 0.0776. The molecule has 41 heavy (non-hydrogen) atoms. The minimum atomic E-state index is -1.61. The zero-order valence-electron chi connectivity index (χ0n) is 22.6. The average Bonchev–Trinajstić information content (AvgIpc) is 3.32. The number of H-pyrrole nitrogens is 1. The molecule has 1 heterocycles. The third kappa shape index (κ3) is 10.5. The highest BCUT2D eigenvalue weighted by atomic mass is 16.4. The van der Waals surface area contributed by atoms with Gasteiger partial charge >= 0.3 is 5.97 Å². The van der Waals surface area contributed by atoms with Gasteiger partial charge in [0.1, 0.15) is 18.1 Å². The Balaban J connectivity index is 2.16. The topological polar surface area (TPSA) is 279 Å². The lowest BCUT2D eigenvalue weighted by Gasteiger charge is -2.25. The molecule has 0 spiro atoms. The summed E-state index contributed by atoms with van der Waals surface area (Å²) < 4.78 is 0. The first kappa shape index (κ1) is 32.7. The number of para-hydroxylation sites is 1. The molecule has 0 saturated heterocycles. The van der Waals surface area contributed by atoms with Crippen molar-refractivity contribution in [2.24, 2.45) is 22.9 Å². The summed E-state index contributed by atoms with van der Waals surface area (Å²) in [4.78, 5) is 76.4. The fourth-order valence-corrected chi connectivity index (χ4v) is 4.17. The number of carbonyl (C=O) groups excluding carboxylic acids is 5. The first-order chi connectivity index (χ1) is 19.4. The predicted octanol–water partition coefficient (Wildman–Crippen LogP) is -2.15. The molecule has 0 bridgehead atoms. The highest BCUT2D eigenvalue weighted by Gasteiger charge is 2.31. The number of unbranched alkanes of at least 4 members (excludes halogenated alkanes) is 1. The Morgan fingerprint density at radius 3 is 2.05 bits per heavy atom. The van der Waals surface area contributed by atoms with Crippen LogP contribution in [0.3, 0.4) is 0 Å². The Kier molecular flexibility index (Phi) is 12.7. The summed E-state index contributed by atoms with van der Waals surface area (Å²) in [6.45, 7) is 0.313. The second-order valence-corrected chi connectivity index (χ2v) is 9.65. The molecule has 1 aromatic carbocycles. The van der Waals surface area contributed by atoms with E-state index in [1.165, 1.54) is 0 Å². The summed E-state index contributed by atoms with van der Waals surface area (Å²) in [5.41, 5.74) is 23.6. The normalized spacial score (nSPS) is 13.9. The molecule has 13 N–H and O–H groups in total. The standard InChI is InChI=1S/C26H38N8O7/c27-10-4-3-7-18(24(38)34-20(26(40)41)12-22(30)36)33-25(39)19(8-9-21(29)35)32-23(37)16(28)11-14-13-31-17-6-2-1-5-15(14)17/h1-2,5-6,13,16,18-20,31H,3-4,7-12,27-28H2,(H2,29,35)(H2,30,36)(H,32,37)(H,33,39)(H,34,38)(H,40,41). The van der Waals surface area contributed by atoms with Gasteiger partial charge in [0.05, 0.1) is 12.5 Å². The molecular formula is C26H38N8O7. The number of primary amides is 2. The van der Waals surface area contributed by atoms with Gasteiger partial charge in [-0.3, -0.25) is 24.0 Å². The fraction of sp³-hybridized carbons (Fsp3) is 0.462. The van der Waals surface area contributed by atoms with E-state index in [0.717, 1.165) is 16.5 Å². The molecule has 224 valence electrons. The summed E-state index contributed by atoms with van der Waals surface area (Å²) in [5.74, 6) is -5.50. The number of carboxylic acids is 1. The molecule has 0 fully saturated rings. The third-order valence-electron chi connectivity index (χ3n) is 6.36. The molecule has 2 rings (SSSR count). The van der Waals surface area contributed by atoms with Crippen molar-refractivity contribution >= 4 is 46.4 Å². The summed E-state index contributed by atoms with van der Waals surface area (Å²) in [5, 5.41) is 17.4. The molecule has 1 aromatic heterocycles. The second-order valence-electron chi connectivity index (χ2n) is 9.65. The summed E-state index contributed by atoms with van der Waals surface area (Å²) in [6, 6.07) is 2.28. The van der Waals surface area contributed by atoms with E-state index in [1.807, 2.05) is 24.3 Å². The van der Waals surface area contributed by atoms with E-state index >= 15 is 0 Å². The van der Waals surface area contributed by atoms with Gasteiger partial charge in [0, 0.05) is 23.5 Å². The first-order valence-corrected chi connectivity index (χ1v) is 13.1. The number of hydrogen-bond donors (Lipinski definition) is 9. The number of aliphatic carboxylic acids is 1. The van der Waals surface area contributed by atoms with Gasteiger partial charge in [-0.05, 0) is 50.3 Å². The molecule has 5 amide bonds. The Bertz CT molecular complexity index is 1250. The molecular weight excluding hydrogens is 536 g/mol. The highest BCUT2D eigenvalue weighted by molar-refractivity contribution is 5.95. The van der Waals surface area contributed by atoms with Crippen LogP contribution in [0, 0.1) is 0 Å². The van der Waals surface area contributed by atoms with Crippen LogP contribution in [-0.4, -0.2) is 76.3 Å². The molecule has 2 aromatic rings. The van der Waals surface area contributed by atoms with Crippen LogP contribution in [-0.2, 0) is 35.2 Å². The van der Waals surface area contributed by atoms with Crippen LogP contribution < -0.4 is 38.9 Å². The van der Waals surface area contributed by atoms with Crippen molar-refractivity contribution < 1.29 is 33.9 Å². The van der Waals surface area contributed by atoms with E-state index in [9.17, 15) is 33.9 Å². The SMILES string of the molecule is NCCCCC(NC(=O)C(CCC(N)=O)NC(=O)C(N)Cc1c[nH]c2ccccc12)C(=O)NC(CC(N)=O)C(=O)O. The molecule has 15 heteroatoms. The van der Waals surface area contributed by atoms with Crippen molar-refractivity contribution in [2.45, 2.75) is 69.1 Å². The molecule has 4 atom stereocenters. The van der Waals surface area contributed by atoms with Gasteiger partial charge < -0.3 is 49.0 Å². The van der Waals surface area contributed by atoms with Gasteiger partial charge in [-0.2, -0.15) is 0 Å². The number of hydrogen-bond acceptors (Lipinski definition) is 8. The zero-order chi connectivity index (χ0) is 30.5. The molecule has 0 aliphatic rings. The van der Waals surface area contributed by atoms with Crippen LogP contribution in [0.1, 0.15) is 44.1 Å². The monoisotopic (exact) mass is 574 g/mol. The maximum atomic E-state index is 13.2. The number of fused-ring (bicyclic) bond motifs is 1. The van der Waals surface area contributed by atoms with Crippen molar-refractivity contribution in [2.75, 3.05) is 6.54 Å². The minimum Gasteiger partial charge on any atom is -0.480 e. The van der Waals surface area contributed by atoms with Gasteiger partial charge in [-0.15, -0.1) is 0 Å². The largest absolute Gasteiger partial charge is 0.480 e. The van der Waals surface area contributed by atoms with Crippen LogP contribution in [0.5, 0.6) is 0 Å². The lowest BCUT2D eigenvalue weighted by molar-refractivity contribution is -0.143. The number of aromatic nitrogens is 1. The zero-order valence-corrected chi connectivity index (χ0v) is 22.6. The Morgan fingerprint density at radius 2 is 1.44 bits per heavy atom. The molecule has 0 aliphatic carbocycles. The number of benzene rings is 1. The second kappa shape index (κ2) is 15.9. The van der Waals surface area contributed by atoms with E-state index < -0.39 is 66.1 Å². The maximum absolute atomic E-state index is 13.2. The Hall–Kier alpha value is -4.50. The van der Waals surface area contributed by atoms with Gasteiger partial charge in [-0.1, -0.05) is 18.2 Å².